The van der Waals surface area contributed by atoms with Gasteiger partial charge in [-0.3, -0.25) is 9.36 Å². The standard InChI is InChI=1S/C14H22N4O4S2/c1-3-17(11-6-7-24(21,22)8-11)12(19)9(2)23-14-16-15-13(20)18(14)10-4-5-10/h9-11H,3-8H2,1-2H3,(H,15,20)/t9-,11+/m0/s1. The maximum atomic E-state index is 12.8. The normalized spacial score (nSPS) is 24.0. The summed E-state index contributed by atoms with van der Waals surface area (Å²) >= 11 is 1.25. The molecular weight excluding hydrogens is 352 g/mol. The van der Waals surface area contributed by atoms with Crippen LogP contribution in [0.15, 0.2) is 9.95 Å². The molecule has 1 saturated heterocycles. The van der Waals surface area contributed by atoms with Gasteiger partial charge in [-0.15, -0.1) is 5.10 Å². The van der Waals surface area contributed by atoms with E-state index in [1.54, 1.807) is 16.4 Å². The summed E-state index contributed by atoms with van der Waals surface area (Å²) in [5.74, 6) is 0.0744. The molecule has 134 valence electrons. The molecule has 3 rings (SSSR count). The van der Waals surface area contributed by atoms with Crippen LogP contribution in [0.4, 0.5) is 0 Å². The van der Waals surface area contributed by atoms with Gasteiger partial charge >= 0.3 is 5.69 Å². The van der Waals surface area contributed by atoms with Crippen LogP contribution in [0, 0.1) is 0 Å². The summed E-state index contributed by atoms with van der Waals surface area (Å²) in [5.41, 5.74) is -0.242. The molecule has 1 N–H and O–H groups in total. The molecule has 2 heterocycles. The topological polar surface area (TPSA) is 105 Å². The Bertz CT molecular complexity index is 781. The predicted octanol–water partition coefficient (Wildman–Crippen LogP) is 0.422. The van der Waals surface area contributed by atoms with Crippen LogP contribution >= 0.6 is 11.8 Å². The lowest BCUT2D eigenvalue weighted by molar-refractivity contribution is -0.131. The molecule has 2 fully saturated rings. The molecular formula is C14H22N4O4S2. The number of hydrogen-bond donors (Lipinski definition) is 1. The van der Waals surface area contributed by atoms with Crippen molar-refractivity contribution in [2.45, 2.75) is 55.6 Å². The maximum absolute atomic E-state index is 12.8. The Kier molecular flexibility index (Phi) is 4.78. The highest BCUT2D eigenvalue weighted by molar-refractivity contribution is 8.00. The molecule has 8 nitrogen and oxygen atoms in total. The van der Waals surface area contributed by atoms with Gasteiger partial charge in [0.05, 0.1) is 16.8 Å². The molecule has 0 unspecified atom stereocenters. The first-order chi connectivity index (χ1) is 11.3. The van der Waals surface area contributed by atoms with E-state index in [9.17, 15) is 18.0 Å². The molecule has 1 amide bonds. The number of amides is 1. The lowest BCUT2D eigenvalue weighted by Gasteiger charge is -2.29. The Balaban J connectivity index is 1.71. The summed E-state index contributed by atoms with van der Waals surface area (Å²) in [6.45, 7) is 4.10. The van der Waals surface area contributed by atoms with Crippen LogP contribution in [0.25, 0.3) is 0 Å². The summed E-state index contributed by atoms with van der Waals surface area (Å²) in [5, 5.41) is 6.57. The number of thioether (sulfide) groups is 1. The molecule has 10 heteroatoms. The summed E-state index contributed by atoms with van der Waals surface area (Å²) in [6, 6.07) is -0.0661. The van der Waals surface area contributed by atoms with E-state index in [-0.39, 0.29) is 35.2 Å². The number of hydrogen-bond acceptors (Lipinski definition) is 6. The van der Waals surface area contributed by atoms with Gasteiger partial charge in [-0.05, 0) is 33.1 Å². The third-order valence-corrected chi connectivity index (χ3v) is 7.29. The molecule has 1 aromatic heterocycles. The number of H-pyrrole nitrogens is 1. The van der Waals surface area contributed by atoms with Gasteiger partial charge in [0.15, 0.2) is 15.0 Å². The molecule has 2 atom stereocenters. The number of carbonyl (C=O) groups excluding carboxylic acids is 1. The van der Waals surface area contributed by atoms with Gasteiger partial charge < -0.3 is 4.90 Å². The van der Waals surface area contributed by atoms with Crippen LogP contribution in [-0.2, 0) is 14.6 Å². The largest absolute Gasteiger partial charge is 0.344 e. The molecule has 1 saturated carbocycles. The highest BCUT2D eigenvalue weighted by Gasteiger charge is 2.36. The van der Waals surface area contributed by atoms with Crippen LogP contribution < -0.4 is 5.69 Å². The Morgan fingerprint density at radius 3 is 2.71 bits per heavy atom. The highest BCUT2D eigenvalue weighted by Crippen LogP contribution is 2.37. The number of sulfone groups is 1. The monoisotopic (exact) mass is 374 g/mol. The molecule has 0 spiro atoms. The second kappa shape index (κ2) is 6.55. The van der Waals surface area contributed by atoms with Gasteiger partial charge in [-0.25, -0.2) is 18.3 Å². The molecule has 1 aliphatic heterocycles. The lowest BCUT2D eigenvalue weighted by atomic mass is 10.2. The molecule has 0 radical (unpaired) electrons. The number of aromatic amines is 1. The van der Waals surface area contributed by atoms with E-state index in [4.69, 9.17) is 0 Å². The summed E-state index contributed by atoms with van der Waals surface area (Å²) in [6.07, 6.45) is 2.40. The van der Waals surface area contributed by atoms with E-state index in [1.807, 2.05) is 6.92 Å². The molecule has 2 aliphatic rings. The van der Waals surface area contributed by atoms with Crippen LogP contribution in [-0.4, -0.2) is 63.3 Å². The van der Waals surface area contributed by atoms with Gasteiger partial charge in [-0.1, -0.05) is 11.8 Å². The van der Waals surface area contributed by atoms with Gasteiger partial charge in [0, 0.05) is 18.6 Å². The van der Waals surface area contributed by atoms with Gasteiger partial charge in [-0.2, -0.15) is 0 Å². The summed E-state index contributed by atoms with van der Waals surface area (Å²) < 4.78 is 25.0. The van der Waals surface area contributed by atoms with Crippen molar-refractivity contribution >= 4 is 27.5 Å². The second-order valence-electron chi connectivity index (χ2n) is 6.35. The number of carbonyl (C=O) groups is 1. The first-order valence-electron chi connectivity index (χ1n) is 8.17. The minimum Gasteiger partial charge on any atom is -0.338 e. The van der Waals surface area contributed by atoms with Crippen LogP contribution in [0.3, 0.4) is 0 Å². The molecule has 1 aromatic rings. The van der Waals surface area contributed by atoms with E-state index in [0.29, 0.717) is 18.1 Å². The smallest absolute Gasteiger partial charge is 0.338 e. The fourth-order valence-corrected chi connectivity index (χ4v) is 5.81. The molecule has 0 aromatic carbocycles. The van der Waals surface area contributed by atoms with E-state index in [1.165, 1.54) is 11.8 Å². The zero-order valence-electron chi connectivity index (χ0n) is 13.8. The Hall–Kier alpha value is -1.29. The molecule has 0 bridgehead atoms. The Morgan fingerprint density at radius 2 is 2.17 bits per heavy atom. The average Bonchev–Trinajstić information content (AvgIpc) is 3.20. The predicted molar refractivity (Wildman–Crippen MR) is 90.9 cm³/mol. The minimum atomic E-state index is -3.04. The van der Waals surface area contributed by atoms with Crippen molar-refractivity contribution in [2.75, 3.05) is 18.1 Å². The third kappa shape index (κ3) is 3.53. The van der Waals surface area contributed by atoms with Crippen molar-refractivity contribution < 1.29 is 13.2 Å². The first kappa shape index (κ1) is 17.5. The van der Waals surface area contributed by atoms with Crippen molar-refractivity contribution in [3.63, 3.8) is 0 Å². The van der Waals surface area contributed by atoms with Gasteiger partial charge in [0.2, 0.25) is 5.91 Å². The quantitative estimate of drug-likeness (QED) is 0.724. The SMILES string of the molecule is CCN(C(=O)[C@H](C)Sc1n[nH]c(=O)n1C1CC1)[C@@H]1CCS(=O)(=O)C1. The summed E-state index contributed by atoms with van der Waals surface area (Å²) in [7, 11) is -3.04. The van der Waals surface area contributed by atoms with E-state index in [2.05, 4.69) is 10.2 Å². The van der Waals surface area contributed by atoms with E-state index in [0.717, 1.165) is 12.8 Å². The van der Waals surface area contributed by atoms with Gasteiger partial charge in [0.25, 0.3) is 0 Å². The number of nitrogens with one attached hydrogen (secondary N) is 1. The van der Waals surface area contributed by atoms with E-state index >= 15 is 0 Å². The first-order valence-corrected chi connectivity index (χ1v) is 10.9. The van der Waals surface area contributed by atoms with Crippen molar-refractivity contribution in [1.82, 2.24) is 19.7 Å². The third-order valence-electron chi connectivity index (χ3n) is 4.49. The average molecular weight is 374 g/mol. The van der Waals surface area contributed by atoms with Crippen LogP contribution in [0.2, 0.25) is 0 Å². The summed E-state index contributed by atoms with van der Waals surface area (Å²) in [4.78, 5) is 26.2. The number of rotatable bonds is 6. The minimum absolute atomic E-state index is 0.0408. The Labute approximate surface area is 144 Å². The van der Waals surface area contributed by atoms with Crippen LogP contribution in [0.5, 0.6) is 0 Å². The van der Waals surface area contributed by atoms with Crippen molar-refractivity contribution in [3.05, 3.63) is 10.5 Å². The zero-order chi connectivity index (χ0) is 17.5. The van der Waals surface area contributed by atoms with E-state index < -0.39 is 15.1 Å². The number of aromatic nitrogens is 3. The van der Waals surface area contributed by atoms with Crippen LogP contribution in [0.1, 0.15) is 39.2 Å². The van der Waals surface area contributed by atoms with Crippen molar-refractivity contribution in [3.8, 4) is 0 Å². The zero-order valence-corrected chi connectivity index (χ0v) is 15.4. The van der Waals surface area contributed by atoms with Gasteiger partial charge in [0.1, 0.15) is 0 Å². The fraction of sp³-hybridized carbons (Fsp3) is 0.786. The molecule has 1 aliphatic carbocycles. The lowest BCUT2D eigenvalue weighted by Crippen LogP contribution is -2.44. The van der Waals surface area contributed by atoms with Crippen molar-refractivity contribution in [2.24, 2.45) is 0 Å². The van der Waals surface area contributed by atoms with Crippen molar-refractivity contribution in [1.29, 1.82) is 0 Å². The Morgan fingerprint density at radius 1 is 1.46 bits per heavy atom. The second-order valence-corrected chi connectivity index (χ2v) is 9.89. The molecule has 24 heavy (non-hydrogen) atoms. The highest BCUT2D eigenvalue weighted by atomic mass is 32.2. The fourth-order valence-electron chi connectivity index (χ4n) is 3.09. The maximum Gasteiger partial charge on any atom is 0.344 e. The number of nitrogens with zero attached hydrogens (tertiary/aromatic N) is 3.